The van der Waals surface area contributed by atoms with Gasteiger partial charge in [-0.15, -0.1) is 0 Å². The van der Waals surface area contributed by atoms with Crippen molar-refractivity contribution in [2.24, 2.45) is 0 Å². The van der Waals surface area contributed by atoms with E-state index in [2.05, 4.69) is 10.6 Å². The van der Waals surface area contributed by atoms with E-state index in [9.17, 15) is 4.79 Å². The van der Waals surface area contributed by atoms with Crippen molar-refractivity contribution in [1.29, 1.82) is 0 Å². The van der Waals surface area contributed by atoms with Crippen LogP contribution in [-0.2, 0) is 6.42 Å². The van der Waals surface area contributed by atoms with Gasteiger partial charge in [-0.05, 0) is 30.5 Å². The van der Waals surface area contributed by atoms with Crippen molar-refractivity contribution in [2.45, 2.75) is 19.4 Å². The van der Waals surface area contributed by atoms with Crippen molar-refractivity contribution in [2.75, 3.05) is 6.54 Å². The standard InChI is InChI=1S/C17H19ClN2O/c1-13(14-7-3-2-4-8-14)20-17(21)19-12-11-15-9-5-6-10-16(15)18/h2-10,13H,11-12H2,1H3,(H2,19,20,21). The van der Waals surface area contributed by atoms with E-state index in [-0.39, 0.29) is 12.1 Å². The topological polar surface area (TPSA) is 41.1 Å². The van der Waals surface area contributed by atoms with Crippen LogP contribution in [0.1, 0.15) is 24.1 Å². The Balaban J connectivity index is 1.76. The number of halogens is 1. The van der Waals surface area contributed by atoms with Crippen molar-refractivity contribution < 1.29 is 4.79 Å². The van der Waals surface area contributed by atoms with Crippen LogP contribution in [0.5, 0.6) is 0 Å². The van der Waals surface area contributed by atoms with E-state index >= 15 is 0 Å². The fourth-order valence-corrected chi connectivity index (χ4v) is 2.31. The second kappa shape index (κ2) is 7.70. The molecule has 110 valence electrons. The van der Waals surface area contributed by atoms with Gasteiger partial charge in [0.05, 0.1) is 6.04 Å². The molecular formula is C17H19ClN2O. The van der Waals surface area contributed by atoms with Crippen LogP contribution in [0.15, 0.2) is 54.6 Å². The summed E-state index contributed by atoms with van der Waals surface area (Å²) in [6, 6.07) is 17.3. The maximum atomic E-state index is 11.8. The number of carbonyl (C=O) groups is 1. The molecule has 0 bridgehead atoms. The largest absolute Gasteiger partial charge is 0.338 e. The van der Waals surface area contributed by atoms with Gasteiger partial charge in [-0.3, -0.25) is 0 Å². The molecule has 0 saturated heterocycles. The third-order valence-electron chi connectivity index (χ3n) is 3.28. The van der Waals surface area contributed by atoms with Crippen LogP contribution >= 0.6 is 11.6 Å². The molecule has 4 heteroatoms. The van der Waals surface area contributed by atoms with Gasteiger partial charge in [0.25, 0.3) is 0 Å². The minimum absolute atomic E-state index is 0.0217. The van der Waals surface area contributed by atoms with E-state index in [1.807, 2.05) is 61.5 Å². The highest BCUT2D eigenvalue weighted by Gasteiger charge is 2.08. The molecule has 2 aromatic carbocycles. The second-order valence-corrected chi connectivity index (χ2v) is 5.28. The van der Waals surface area contributed by atoms with Gasteiger partial charge in [0.15, 0.2) is 0 Å². The van der Waals surface area contributed by atoms with Gasteiger partial charge in [0.1, 0.15) is 0 Å². The summed E-state index contributed by atoms with van der Waals surface area (Å²) in [4.78, 5) is 11.8. The van der Waals surface area contributed by atoms with E-state index < -0.39 is 0 Å². The molecule has 1 unspecified atom stereocenters. The Labute approximate surface area is 130 Å². The zero-order valence-electron chi connectivity index (χ0n) is 12.0. The van der Waals surface area contributed by atoms with E-state index in [0.29, 0.717) is 13.0 Å². The van der Waals surface area contributed by atoms with E-state index in [1.165, 1.54) is 0 Å². The Morgan fingerprint density at radius 2 is 1.76 bits per heavy atom. The van der Waals surface area contributed by atoms with E-state index in [1.54, 1.807) is 0 Å². The van der Waals surface area contributed by atoms with Crippen LogP contribution in [0.4, 0.5) is 4.79 Å². The normalized spacial score (nSPS) is 11.7. The van der Waals surface area contributed by atoms with Crippen molar-refractivity contribution in [3.63, 3.8) is 0 Å². The number of carbonyl (C=O) groups excluding carboxylic acids is 1. The molecule has 0 aromatic heterocycles. The zero-order valence-corrected chi connectivity index (χ0v) is 12.7. The van der Waals surface area contributed by atoms with E-state index in [4.69, 9.17) is 11.6 Å². The summed E-state index contributed by atoms with van der Waals surface area (Å²) in [6.07, 6.45) is 0.715. The zero-order chi connectivity index (χ0) is 15.1. The molecule has 0 heterocycles. The summed E-state index contributed by atoms with van der Waals surface area (Å²) in [5.41, 5.74) is 2.12. The number of benzene rings is 2. The molecule has 0 saturated carbocycles. The van der Waals surface area contributed by atoms with Crippen LogP contribution in [0, 0.1) is 0 Å². The van der Waals surface area contributed by atoms with Crippen LogP contribution in [0.25, 0.3) is 0 Å². The molecule has 2 amide bonds. The molecule has 21 heavy (non-hydrogen) atoms. The molecule has 0 aliphatic heterocycles. The number of rotatable bonds is 5. The maximum absolute atomic E-state index is 11.8. The van der Waals surface area contributed by atoms with Gasteiger partial charge in [-0.2, -0.15) is 0 Å². The quantitative estimate of drug-likeness (QED) is 0.863. The highest BCUT2D eigenvalue weighted by molar-refractivity contribution is 6.31. The van der Waals surface area contributed by atoms with Crippen molar-refractivity contribution >= 4 is 17.6 Å². The van der Waals surface area contributed by atoms with Gasteiger partial charge < -0.3 is 10.6 Å². The van der Waals surface area contributed by atoms with Gasteiger partial charge in [0, 0.05) is 11.6 Å². The number of hydrogen-bond acceptors (Lipinski definition) is 1. The van der Waals surface area contributed by atoms with Gasteiger partial charge >= 0.3 is 6.03 Å². The highest BCUT2D eigenvalue weighted by Crippen LogP contribution is 2.15. The maximum Gasteiger partial charge on any atom is 0.315 e. The first kappa shape index (κ1) is 15.4. The molecule has 0 aliphatic rings. The molecular weight excluding hydrogens is 284 g/mol. The number of hydrogen-bond donors (Lipinski definition) is 2. The Hall–Kier alpha value is -2.00. The van der Waals surface area contributed by atoms with Crippen LogP contribution in [0.2, 0.25) is 5.02 Å². The molecule has 2 N–H and O–H groups in total. The number of urea groups is 1. The molecule has 2 aromatic rings. The van der Waals surface area contributed by atoms with Gasteiger partial charge in [-0.1, -0.05) is 60.1 Å². The van der Waals surface area contributed by atoms with Crippen LogP contribution in [-0.4, -0.2) is 12.6 Å². The lowest BCUT2D eigenvalue weighted by Gasteiger charge is -2.15. The lowest BCUT2D eigenvalue weighted by molar-refractivity contribution is 0.238. The van der Waals surface area contributed by atoms with Crippen molar-refractivity contribution in [3.8, 4) is 0 Å². The second-order valence-electron chi connectivity index (χ2n) is 4.87. The number of nitrogens with one attached hydrogen (secondary N) is 2. The summed E-state index contributed by atoms with van der Waals surface area (Å²) in [6.45, 7) is 2.51. The lowest BCUT2D eigenvalue weighted by atomic mass is 10.1. The molecule has 0 aliphatic carbocycles. The first-order valence-corrected chi connectivity index (χ1v) is 7.37. The summed E-state index contributed by atoms with van der Waals surface area (Å²) in [7, 11) is 0. The molecule has 2 rings (SSSR count). The molecule has 0 fully saturated rings. The fraction of sp³-hybridized carbons (Fsp3) is 0.235. The molecule has 3 nitrogen and oxygen atoms in total. The average molecular weight is 303 g/mol. The highest BCUT2D eigenvalue weighted by atomic mass is 35.5. The lowest BCUT2D eigenvalue weighted by Crippen LogP contribution is -2.38. The Morgan fingerprint density at radius 3 is 2.48 bits per heavy atom. The SMILES string of the molecule is CC(NC(=O)NCCc1ccccc1Cl)c1ccccc1. The average Bonchev–Trinajstić information content (AvgIpc) is 2.50. The minimum Gasteiger partial charge on any atom is -0.338 e. The predicted molar refractivity (Wildman–Crippen MR) is 86.5 cm³/mol. The minimum atomic E-state index is -0.168. The molecule has 0 spiro atoms. The molecule has 1 atom stereocenters. The third kappa shape index (κ3) is 4.80. The Bertz CT molecular complexity index is 586. The smallest absolute Gasteiger partial charge is 0.315 e. The first-order chi connectivity index (χ1) is 10.2. The summed E-state index contributed by atoms with van der Waals surface area (Å²) >= 11 is 6.08. The number of amides is 2. The van der Waals surface area contributed by atoms with Crippen molar-refractivity contribution in [3.05, 3.63) is 70.7 Å². The van der Waals surface area contributed by atoms with Gasteiger partial charge in [-0.25, -0.2) is 4.79 Å². The van der Waals surface area contributed by atoms with Gasteiger partial charge in [0.2, 0.25) is 0 Å². The Kier molecular flexibility index (Phi) is 5.64. The van der Waals surface area contributed by atoms with Crippen molar-refractivity contribution in [1.82, 2.24) is 10.6 Å². The van der Waals surface area contributed by atoms with Crippen LogP contribution < -0.4 is 10.6 Å². The molecule has 0 radical (unpaired) electrons. The first-order valence-electron chi connectivity index (χ1n) is 6.99. The Morgan fingerprint density at radius 1 is 1.10 bits per heavy atom. The predicted octanol–water partition coefficient (Wildman–Crippen LogP) is 3.94. The third-order valence-corrected chi connectivity index (χ3v) is 3.65. The summed E-state index contributed by atoms with van der Waals surface area (Å²) in [5.74, 6) is 0. The van der Waals surface area contributed by atoms with Crippen LogP contribution in [0.3, 0.4) is 0 Å². The van der Waals surface area contributed by atoms with E-state index in [0.717, 1.165) is 16.1 Å². The summed E-state index contributed by atoms with van der Waals surface area (Å²) < 4.78 is 0. The monoisotopic (exact) mass is 302 g/mol. The summed E-state index contributed by atoms with van der Waals surface area (Å²) in [5, 5.41) is 6.50. The fourth-order valence-electron chi connectivity index (χ4n) is 2.08.